The van der Waals surface area contributed by atoms with Crippen LogP contribution in [0.2, 0.25) is 0 Å². The summed E-state index contributed by atoms with van der Waals surface area (Å²) in [6.45, 7) is 1.07. The van der Waals surface area contributed by atoms with Crippen LogP contribution in [-0.4, -0.2) is 31.3 Å². The number of rotatable bonds is 4. The maximum absolute atomic E-state index is 11.0. The number of fused-ring (bicyclic) bond motifs is 1. The van der Waals surface area contributed by atoms with Gasteiger partial charge >= 0.3 is 5.97 Å². The lowest BCUT2D eigenvalue weighted by Gasteiger charge is -2.20. The van der Waals surface area contributed by atoms with Gasteiger partial charge in [0, 0.05) is 0 Å². The van der Waals surface area contributed by atoms with Gasteiger partial charge in [0.15, 0.2) is 5.60 Å². The molecule has 1 aromatic heterocycles. The van der Waals surface area contributed by atoms with Crippen LogP contribution in [0.15, 0.2) is 24.3 Å². The molecule has 1 heterocycles. The molecule has 2 rings (SSSR count). The predicted molar refractivity (Wildman–Crippen MR) is 67.3 cm³/mol. The normalized spacial score (nSPS) is 13.9. The molecule has 1 atom stereocenters. The summed E-state index contributed by atoms with van der Waals surface area (Å²) in [6.07, 6.45) is 0.0599. The number of nitrogens with zero attached hydrogens (tertiary/aromatic N) is 3. The minimum Gasteiger partial charge on any atom is -0.479 e. The van der Waals surface area contributed by atoms with Gasteiger partial charge in [-0.3, -0.25) is 0 Å². The SMILES string of the molecule is CC(O)(Cn1c(CC#N)nc2ccccc21)C(=O)O. The molecule has 19 heavy (non-hydrogen) atoms. The van der Waals surface area contributed by atoms with Gasteiger partial charge in [0.2, 0.25) is 0 Å². The number of carboxylic acids is 1. The van der Waals surface area contributed by atoms with Crippen LogP contribution in [0.4, 0.5) is 0 Å². The van der Waals surface area contributed by atoms with Crippen molar-refractivity contribution in [3.05, 3.63) is 30.1 Å². The Morgan fingerprint density at radius 1 is 1.53 bits per heavy atom. The van der Waals surface area contributed by atoms with E-state index in [1.165, 1.54) is 6.92 Å². The van der Waals surface area contributed by atoms with E-state index in [1.54, 1.807) is 22.8 Å². The van der Waals surface area contributed by atoms with Gasteiger partial charge in [-0.05, 0) is 19.1 Å². The second kappa shape index (κ2) is 4.71. The number of carboxylic acid groups (broad SMARTS) is 1. The second-order valence-corrected chi connectivity index (χ2v) is 4.52. The van der Waals surface area contributed by atoms with Crippen LogP contribution >= 0.6 is 0 Å². The highest BCUT2D eigenvalue weighted by Crippen LogP contribution is 2.19. The predicted octanol–water partition coefficient (Wildman–Crippen LogP) is 0.938. The molecule has 0 aliphatic carbocycles. The van der Waals surface area contributed by atoms with Crippen molar-refractivity contribution in [1.29, 1.82) is 5.26 Å². The van der Waals surface area contributed by atoms with E-state index in [2.05, 4.69) is 4.98 Å². The topological polar surface area (TPSA) is 99.1 Å². The summed E-state index contributed by atoms with van der Waals surface area (Å²) in [5.74, 6) is -0.863. The number of imidazole rings is 1. The summed E-state index contributed by atoms with van der Waals surface area (Å²) >= 11 is 0. The number of aliphatic hydroxyl groups is 1. The third-order valence-corrected chi connectivity index (χ3v) is 2.90. The Labute approximate surface area is 109 Å². The van der Waals surface area contributed by atoms with Crippen LogP contribution < -0.4 is 0 Å². The van der Waals surface area contributed by atoms with Crippen molar-refractivity contribution in [3.8, 4) is 6.07 Å². The van der Waals surface area contributed by atoms with E-state index in [4.69, 9.17) is 10.4 Å². The van der Waals surface area contributed by atoms with Gasteiger partial charge < -0.3 is 14.8 Å². The summed E-state index contributed by atoms with van der Waals surface area (Å²) in [4.78, 5) is 15.3. The van der Waals surface area contributed by atoms with Crippen molar-refractivity contribution >= 4 is 17.0 Å². The average molecular weight is 259 g/mol. The van der Waals surface area contributed by atoms with Crippen LogP contribution in [0, 0.1) is 11.3 Å². The summed E-state index contributed by atoms with van der Waals surface area (Å²) in [7, 11) is 0. The van der Waals surface area contributed by atoms with Crippen LogP contribution in [0.25, 0.3) is 11.0 Å². The van der Waals surface area contributed by atoms with E-state index in [-0.39, 0.29) is 13.0 Å². The number of carbonyl (C=O) groups is 1. The fourth-order valence-corrected chi connectivity index (χ4v) is 1.88. The smallest absolute Gasteiger partial charge is 0.337 e. The molecule has 1 aromatic carbocycles. The van der Waals surface area contributed by atoms with Crippen molar-refractivity contribution in [2.24, 2.45) is 0 Å². The van der Waals surface area contributed by atoms with Crippen molar-refractivity contribution in [2.45, 2.75) is 25.5 Å². The number of aliphatic carboxylic acids is 1. The molecule has 0 fully saturated rings. The summed E-state index contributed by atoms with van der Waals surface area (Å²) in [5, 5.41) is 27.7. The Morgan fingerprint density at radius 3 is 2.84 bits per heavy atom. The number of hydrogen-bond acceptors (Lipinski definition) is 4. The highest BCUT2D eigenvalue weighted by Gasteiger charge is 2.31. The second-order valence-electron chi connectivity index (χ2n) is 4.52. The first kappa shape index (κ1) is 13.1. The van der Waals surface area contributed by atoms with E-state index < -0.39 is 11.6 Å². The van der Waals surface area contributed by atoms with E-state index in [9.17, 15) is 9.90 Å². The Kier molecular flexibility index (Phi) is 3.23. The molecule has 6 nitrogen and oxygen atoms in total. The van der Waals surface area contributed by atoms with Gasteiger partial charge in [0.05, 0.1) is 30.1 Å². The summed E-state index contributed by atoms with van der Waals surface area (Å²) in [5.41, 5.74) is -0.531. The fraction of sp³-hybridized carbons (Fsp3) is 0.308. The molecule has 0 saturated heterocycles. The number of hydrogen-bond donors (Lipinski definition) is 2. The van der Waals surface area contributed by atoms with E-state index in [0.717, 1.165) is 0 Å². The standard InChI is InChI=1S/C13H13N3O3/c1-13(19,12(17)18)8-16-10-5-3-2-4-9(10)15-11(16)6-7-14/h2-5,19H,6,8H2,1H3,(H,17,18). The largest absolute Gasteiger partial charge is 0.479 e. The molecule has 0 radical (unpaired) electrons. The lowest BCUT2D eigenvalue weighted by molar-refractivity contribution is -0.157. The number of aromatic nitrogens is 2. The minimum absolute atomic E-state index is 0.0599. The Balaban J connectivity index is 2.54. The third kappa shape index (κ3) is 2.41. The first-order chi connectivity index (χ1) is 8.95. The van der Waals surface area contributed by atoms with E-state index >= 15 is 0 Å². The Hall–Kier alpha value is -2.39. The Morgan fingerprint density at radius 2 is 2.21 bits per heavy atom. The lowest BCUT2D eigenvalue weighted by atomic mass is 10.1. The zero-order chi connectivity index (χ0) is 14.0. The molecule has 0 bridgehead atoms. The van der Waals surface area contributed by atoms with Crippen molar-refractivity contribution in [2.75, 3.05) is 0 Å². The highest BCUT2D eigenvalue weighted by molar-refractivity contribution is 5.78. The maximum Gasteiger partial charge on any atom is 0.337 e. The molecule has 6 heteroatoms. The van der Waals surface area contributed by atoms with Crippen molar-refractivity contribution in [1.82, 2.24) is 9.55 Å². The number of para-hydroxylation sites is 2. The van der Waals surface area contributed by atoms with Crippen LogP contribution in [-0.2, 0) is 17.8 Å². The van der Waals surface area contributed by atoms with Crippen molar-refractivity contribution < 1.29 is 15.0 Å². The van der Waals surface area contributed by atoms with Gasteiger partial charge in [0.1, 0.15) is 5.82 Å². The van der Waals surface area contributed by atoms with E-state index in [0.29, 0.717) is 16.9 Å². The van der Waals surface area contributed by atoms with Crippen LogP contribution in [0.3, 0.4) is 0 Å². The lowest BCUT2D eigenvalue weighted by Crippen LogP contribution is -2.39. The quantitative estimate of drug-likeness (QED) is 0.851. The molecule has 2 aromatic rings. The molecule has 0 aliphatic rings. The summed E-state index contributed by atoms with van der Waals surface area (Å²) in [6, 6.07) is 9.16. The van der Waals surface area contributed by atoms with Gasteiger partial charge in [-0.1, -0.05) is 12.1 Å². The molecular formula is C13H13N3O3. The molecule has 0 saturated carbocycles. The van der Waals surface area contributed by atoms with Gasteiger partial charge in [0.25, 0.3) is 0 Å². The average Bonchev–Trinajstić information content (AvgIpc) is 2.68. The first-order valence-electron chi connectivity index (χ1n) is 5.72. The zero-order valence-corrected chi connectivity index (χ0v) is 10.4. The molecule has 98 valence electrons. The molecule has 0 aliphatic heterocycles. The zero-order valence-electron chi connectivity index (χ0n) is 10.4. The highest BCUT2D eigenvalue weighted by atomic mass is 16.4. The van der Waals surface area contributed by atoms with Crippen molar-refractivity contribution in [3.63, 3.8) is 0 Å². The van der Waals surface area contributed by atoms with Gasteiger partial charge in [-0.15, -0.1) is 0 Å². The summed E-state index contributed by atoms with van der Waals surface area (Å²) < 4.78 is 1.58. The molecule has 2 N–H and O–H groups in total. The number of benzene rings is 1. The molecular weight excluding hydrogens is 246 g/mol. The molecule has 1 unspecified atom stereocenters. The Bertz CT molecular complexity index is 667. The fourth-order valence-electron chi connectivity index (χ4n) is 1.88. The van der Waals surface area contributed by atoms with Gasteiger partial charge in [-0.25, -0.2) is 9.78 Å². The first-order valence-corrected chi connectivity index (χ1v) is 5.72. The van der Waals surface area contributed by atoms with Crippen LogP contribution in [0.1, 0.15) is 12.7 Å². The maximum atomic E-state index is 11.0. The van der Waals surface area contributed by atoms with Crippen LogP contribution in [0.5, 0.6) is 0 Å². The van der Waals surface area contributed by atoms with Gasteiger partial charge in [-0.2, -0.15) is 5.26 Å². The third-order valence-electron chi connectivity index (χ3n) is 2.90. The number of nitriles is 1. The minimum atomic E-state index is -1.91. The van der Waals surface area contributed by atoms with E-state index in [1.807, 2.05) is 12.1 Å². The molecule has 0 spiro atoms. The monoisotopic (exact) mass is 259 g/mol. The molecule has 0 amide bonds.